The topological polar surface area (TPSA) is 43.8 Å². The SMILES string of the molecule is CCC(N)C(c1cccc(F)c1)n1ccnc1C(C)C. The van der Waals surface area contributed by atoms with Crippen molar-refractivity contribution in [3.63, 3.8) is 0 Å². The lowest BCUT2D eigenvalue weighted by atomic mass is 9.97. The van der Waals surface area contributed by atoms with Crippen molar-refractivity contribution in [2.24, 2.45) is 5.73 Å². The van der Waals surface area contributed by atoms with Gasteiger partial charge in [-0.1, -0.05) is 32.9 Å². The van der Waals surface area contributed by atoms with E-state index in [0.717, 1.165) is 17.8 Å². The van der Waals surface area contributed by atoms with Gasteiger partial charge in [0.1, 0.15) is 11.6 Å². The maximum Gasteiger partial charge on any atom is 0.123 e. The summed E-state index contributed by atoms with van der Waals surface area (Å²) in [5.41, 5.74) is 7.18. The van der Waals surface area contributed by atoms with Gasteiger partial charge in [-0.15, -0.1) is 0 Å². The lowest BCUT2D eigenvalue weighted by molar-refractivity contribution is 0.438. The van der Waals surface area contributed by atoms with Crippen LogP contribution < -0.4 is 5.73 Å². The molecule has 108 valence electrons. The molecule has 0 radical (unpaired) electrons. The summed E-state index contributed by atoms with van der Waals surface area (Å²) in [4.78, 5) is 4.41. The number of rotatable bonds is 5. The Bertz CT molecular complexity index is 562. The first kappa shape index (κ1) is 14.7. The van der Waals surface area contributed by atoms with E-state index in [1.165, 1.54) is 6.07 Å². The Morgan fingerprint density at radius 3 is 2.70 bits per heavy atom. The van der Waals surface area contributed by atoms with Gasteiger partial charge in [0, 0.05) is 24.4 Å². The predicted octanol–water partition coefficient (Wildman–Crippen LogP) is 3.47. The van der Waals surface area contributed by atoms with Gasteiger partial charge in [-0.3, -0.25) is 0 Å². The van der Waals surface area contributed by atoms with Gasteiger partial charge in [0.05, 0.1) is 6.04 Å². The molecule has 2 rings (SSSR count). The molecule has 2 atom stereocenters. The molecular weight excluding hydrogens is 253 g/mol. The van der Waals surface area contributed by atoms with Crippen LogP contribution in [0, 0.1) is 5.82 Å². The van der Waals surface area contributed by atoms with E-state index in [1.54, 1.807) is 18.3 Å². The standard InChI is InChI=1S/C16H22FN3/c1-4-14(18)15(12-6-5-7-13(17)10-12)20-9-8-19-16(20)11(2)3/h5-11,14-15H,4,18H2,1-3H3. The highest BCUT2D eigenvalue weighted by Crippen LogP contribution is 2.27. The van der Waals surface area contributed by atoms with Gasteiger partial charge in [0.2, 0.25) is 0 Å². The van der Waals surface area contributed by atoms with E-state index in [0.29, 0.717) is 5.92 Å². The summed E-state index contributed by atoms with van der Waals surface area (Å²) in [6.45, 7) is 6.24. The molecule has 3 nitrogen and oxygen atoms in total. The Kier molecular flexibility index (Phi) is 4.55. The molecule has 0 saturated heterocycles. The highest BCUT2D eigenvalue weighted by molar-refractivity contribution is 5.24. The van der Waals surface area contributed by atoms with Gasteiger partial charge in [-0.05, 0) is 24.1 Å². The molecule has 0 spiro atoms. The number of nitrogens with two attached hydrogens (primary N) is 1. The molecule has 0 bridgehead atoms. The maximum absolute atomic E-state index is 13.5. The van der Waals surface area contributed by atoms with E-state index in [-0.39, 0.29) is 17.9 Å². The van der Waals surface area contributed by atoms with Crippen LogP contribution in [0.3, 0.4) is 0 Å². The third kappa shape index (κ3) is 2.90. The molecule has 20 heavy (non-hydrogen) atoms. The third-order valence-corrected chi connectivity index (χ3v) is 3.58. The van der Waals surface area contributed by atoms with Crippen LogP contribution in [0.5, 0.6) is 0 Å². The monoisotopic (exact) mass is 275 g/mol. The molecule has 1 heterocycles. The van der Waals surface area contributed by atoms with Crippen LogP contribution in [-0.2, 0) is 0 Å². The Hall–Kier alpha value is -1.68. The summed E-state index contributed by atoms with van der Waals surface area (Å²) in [6, 6.07) is 6.50. The first-order chi connectivity index (χ1) is 9.54. The largest absolute Gasteiger partial charge is 0.326 e. The molecule has 0 amide bonds. The molecule has 1 aromatic heterocycles. The molecule has 2 N–H and O–H groups in total. The van der Waals surface area contributed by atoms with Crippen LogP contribution in [0.4, 0.5) is 4.39 Å². The van der Waals surface area contributed by atoms with Gasteiger partial charge in [-0.2, -0.15) is 0 Å². The molecular formula is C16H22FN3. The average molecular weight is 275 g/mol. The number of hydrogen-bond acceptors (Lipinski definition) is 2. The summed E-state index contributed by atoms with van der Waals surface area (Å²) >= 11 is 0. The van der Waals surface area contributed by atoms with Crippen molar-refractivity contribution in [2.45, 2.75) is 45.2 Å². The fourth-order valence-corrected chi connectivity index (χ4v) is 2.53. The van der Waals surface area contributed by atoms with Crippen molar-refractivity contribution in [1.29, 1.82) is 0 Å². The van der Waals surface area contributed by atoms with Crippen molar-refractivity contribution in [2.75, 3.05) is 0 Å². The molecule has 2 unspecified atom stereocenters. The average Bonchev–Trinajstić information content (AvgIpc) is 2.88. The van der Waals surface area contributed by atoms with Gasteiger partial charge < -0.3 is 10.3 Å². The lowest BCUT2D eigenvalue weighted by Gasteiger charge is -2.27. The van der Waals surface area contributed by atoms with Crippen molar-refractivity contribution in [3.05, 3.63) is 53.9 Å². The Morgan fingerprint density at radius 1 is 1.35 bits per heavy atom. The van der Waals surface area contributed by atoms with Crippen LogP contribution in [-0.4, -0.2) is 15.6 Å². The number of benzene rings is 1. The van der Waals surface area contributed by atoms with E-state index < -0.39 is 0 Å². The van der Waals surface area contributed by atoms with Crippen LogP contribution >= 0.6 is 0 Å². The zero-order valence-electron chi connectivity index (χ0n) is 12.3. The van der Waals surface area contributed by atoms with Gasteiger partial charge in [0.15, 0.2) is 0 Å². The Balaban J connectivity index is 2.50. The molecule has 4 heteroatoms. The highest BCUT2D eigenvalue weighted by atomic mass is 19.1. The van der Waals surface area contributed by atoms with Crippen molar-refractivity contribution in [3.8, 4) is 0 Å². The lowest BCUT2D eigenvalue weighted by Crippen LogP contribution is -2.33. The maximum atomic E-state index is 13.5. The van der Waals surface area contributed by atoms with E-state index in [4.69, 9.17) is 5.73 Å². The number of hydrogen-bond donors (Lipinski definition) is 1. The first-order valence-electron chi connectivity index (χ1n) is 7.08. The van der Waals surface area contributed by atoms with E-state index in [1.807, 2.05) is 19.2 Å². The molecule has 0 aliphatic heterocycles. The predicted molar refractivity (Wildman–Crippen MR) is 79.1 cm³/mol. The van der Waals surface area contributed by atoms with Crippen LogP contribution in [0.15, 0.2) is 36.7 Å². The smallest absolute Gasteiger partial charge is 0.123 e. The van der Waals surface area contributed by atoms with Gasteiger partial charge >= 0.3 is 0 Å². The number of halogens is 1. The second kappa shape index (κ2) is 6.18. The van der Waals surface area contributed by atoms with Crippen LogP contribution in [0.1, 0.15) is 50.5 Å². The van der Waals surface area contributed by atoms with Crippen LogP contribution in [0.25, 0.3) is 0 Å². The summed E-state index contributed by atoms with van der Waals surface area (Å²) in [5.74, 6) is 1.04. The highest BCUT2D eigenvalue weighted by Gasteiger charge is 2.23. The summed E-state index contributed by atoms with van der Waals surface area (Å²) < 4.78 is 15.6. The normalized spacial score (nSPS) is 14.5. The van der Waals surface area contributed by atoms with Crippen molar-refractivity contribution < 1.29 is 4.39 Å². The van der Waals surface area contributed by atoms with Crippen molar-refractivity contribution in [1.82, 2.24) is 9.55 Å². The van der Waals surface area contributed by atoms with Crippen LogP contribution in [0.2, 0.25) is 0 Å². The number of aromatic nitrogens is 2. The molecule has 2 aromatic rings. The molecule has 0 aliphatic carbocycles. The molecule has 0 saturated carbocycles. The summed E-state index contributed by atoms with van der Waals surface area (Å²) in [6.07, 6.45) is 4.53. The number of imidazole rings is 1. The fourth-order valence-electron chi connectivity index (χ4n) is 2.53. The number of nitrogens with zero attached hydrogens (tertiary/aromatic N) is 2. The zero-order valence-corrected chi connectivity index (χ0v) is 12.3. The minimum Gasteiger partial charge on any atom is -0.326 e. The minimum absolute atomic E-state index is 0.0801. The summed E-state index contributed by atoms with van der Waals surface area (Å²) in [5, 5.41) is 0. The fraction of sp³-hybridized carbons (Fsp3) is 0.438. The Morgan fingerprint density at radius 2 is 2.10 bits per heavy atom. The Labute approximate surface area is 119 Å². The van der Waals surface area contributed by atoms with E-state index in [9.17, 15) is 4.39 Å². The molecule has 0 aliphatic rings. The van der Waals surface area contributed by atoms with Gasteiger partial charge in [0.25, 0.3) is 0 Å². The second-order valence-electron chi connectivity index (χ2n) is 5.42. The quantitative estimate of drug-likeness (QED) is 0.908. The first-order valence-corrected chi connectivity index (χ1v) is 7.08. The van der Waals surface area contributed by atoms with Gasteiger partial charge in [-0.25, -0.2) is 9.37 Å². The van der Waals surface area contributed by atoms with E-state index in [2.05, 4.69) is 23.4 Å². The van der Waals surface area contributed by atoms with Crippen molar-refractivity contribution >= 4 is 0 Å². The second-order valence-corrected chi connectivity index (χ2v) is 5.42. The molecule has 1 aromatic carbocycles. The zero-order chi connectivity index (χ0) is 14.7. The third-order valence-electron chi connectivity index (χ3n) is 3.58. The minimum atomic E-state index is -0.234. The summed E-state index contributed by atoms with van der Waals surface area (Å²) in [7, 11) is 0. The molecule has 0 fully saturated rings. The van der Waals surface area contributed by atoms with E-state index >= 15 is 0 Å².